The van der Waals surface area contributed by atoms with Crippen molar-refractivity contribution in [2.45, 2.75) is 30.6 Å². The van der Waals surface area contributed by atoms with Crippen molar-refractivity contribution in [2.75, 3.05) is 24.2 Å². The number of amides is 2. The third-order valence-electron chi connectivity index (χ3n) is 6.50. The number of anilines is 1. The fraction of sp³-hybridized carbons (Fsp3) is 0.241. The Hall–Kier alpha value is -3.49. The zero-order chi connectivity index (χ0) is 25.6. The van der Waals surface area contributed by atoms with Crippen molar-refractivity contribution >= 4 is 40.6 Å². The molecular weight excluding hydrogens is 500 g/mol. The van der Waals surface area contributed by atoms with Crippen LogP contribution in [-0.2, 0) is 4.79 Å². The molecule has 6 nitrogen and oxygen atoms in total. The summed E-state index contributed by atoms with van der Waals surface area (Å²) in [6.45, 7) is 3.49. The average molecular weight is 529 g/mol. The number of carbonyl (C=O) groups excluding carboxylic acids is 2. The Kier molecular flexibility index (Phi) is 7.96. The molecule has 4 aromatic rings. The van der Waals surface area contributed by atoms with E-state index in [1.54, 1.807) is 24.2 Å². The summed E-state index contributed by atoms with van der Waals surface area (Å²) in [6, 6.07) is 19.9. The van der Waals surface area contributed by atoms with Crippen molar-refractivity contribution in [1.82, 2.24) is 14.9 Å². The highest BCUT2D eigenvalue weighted by molar-refractivity contribution is 8.00. The maximum Gasteiger partial charge on any atom is 0.275 e. The molecule has 1 fully saturated rings. The lowest BCUT2D eigenvalue weighted by molar-refractivity contribution is -0.129. The summed E-state index contributed by atoms with van der Waals surface area (Å²) in [5, 5.41) is 5.85. The lowest BCUT2D eigenvalue weighted by atomic mass is 9.97. The number of nitrogens with zero attached hydrogens (tertiary/aromatic N) is 3. The quantitative estimate of drug-likeness (QED) is 0.286. The van der Waals surface area contributed by atoms with E-state index in [4.69, 9.17) is 0 Å². The zero-order valence-corrected chi connectivity index (χ0v) is 22.2. The van der Waals surface area contributed by atoms with Gasteiger partial charge in [-0.2, -0.15) is 0 Å². The molecule has 1 aliphatic rings. The summed E-state index contributed by atoms with van der Waals surface area (Å²) < 4.78 is 0. The van der Waals surface area contributed by atoms with Crippen molar-refractivity contribution in [1.29, 1.82) is 0 Å². The van der Waals surface area contributed by atoms with Crippen LogP contribution in [0.4, 0.5) is 5.69 Å². The SMILES string of the molecule is Cc1ccc(-c2ccccc2NC(=O)c2csc(C3CCN(C(=O)CSc4ccncc4)CC3)n2)cc1. The maximum atomic E-state index is 13.1. The number of aromatic nitrogens is 2. The number of pyridine rings is 1. The summed E-state index contributed by atoms with van der Waals surface area (Å²) >= 11 is 3.07. The van der Waals surface area contributed by atoms with Crippen LogP contribution in [0.3, 0.4) is 0 Å². The number of thiazole rings is 1. The second-order valence-corrected chi connectivity index (χ2v) is 11.0. The van der Waals surface area contributed by atoms with Crippen LogP contribution in [0.5, 0.6) is 0 Å². The number of piperidine rings is 1. The normalized spacial score (nSPS) is 13.9. The number of para-hydroxylation sites is 1. The number of thioether (sulfide) groups is 1. The first-order valence-electron chi connectivity index (χ1n) is 12.3. The predicted molar refractivity (Wildman–Crippen MR) is 150 cm³/mol. The van der Waals surface area contributed by atoms with Gasteiger partial charge in [-0.3, -0.25) is 14.6 Å². The Balaban J connectivity index is 1.17. The van der Waals surface area contributed by atoms with Crippen LogP contribution in [0.25, 0.3) is 11.1 Å². The van der Waals surface area contributed by atoms with Gasteiger partial charge in [0.2, 0.25) is 5.91 Å². The Morgan fingerprint density at radius 2 is 1.76 bits per heavy atom. The van der Waals surface area contributed by atoms with Crippen LogP contribution in [-0.4, -0.2) is 45.5 Å². The van der Waals surface area contributed by atoms with Gasteiger partial charge in [0.05, 0.1) is 10.8 Å². The number of nitrogens with one attached hydrogen (secondary N) is 1. The van der Waals surface area contributed by atoms with Crippen molar-refractivity contribution in [3.63, 3.8) is 0 Å². The number of likely N-dealkylation sites (tertiary alicyclic amines) is 1. The molecule has 0 unspecified atom stereocenters. The highest BCUT2D eigenvalue weighted by Gasteiger charge is 2.26. The van der Waals surface area contributed by atoms with Crippen LogP contribution in [0.2, 0.25) is 0 Å². The van der Waals surface area contributed by atoms with Crippen LogP contribution in [0.15, 0.2) is 83.3 Å². The van der Waals surface area contributed by atoms with Crippen LogP contribution >= 0.6 is 23.1 Å². The molecule has 8 heteroatoms. The Morgan fingerprint density at radius 3 is 2.51 bits per heavy atom. The smallest absolute Gasteiger partial charge is 0.275 e. The molecule has 2 amide bonds. The minimum absolute atomic E-state index is 0.159. The van der Waals surface area contributed by atoms with E-state index in [1.165, 1.54) is 16.9 Å². The van der Waals surface area contributed by atoms with Gasteiger partial charge in [-0.1, -0.05) is 48.0 Å². The van der Waals surface area contributed by atoms with E-state index in [-0.39, 0.29) is 17.7 Å². The monoisotopic (exact) mass is 528 g/mol. The topological polar surface area (TPSA) is 75.2 Å². The molecule has 188 valence electrons. The Bertz CT molecular complexity index is 1360. The molecule has 0 atom stereocenters. The van der Waals surface area contributed by atoms with Gasteiger partial charge < -0.3 is 10.2 Å². The largest absolute Gasteiger partial charge is 0.342 e. The second kappa shape index (κ2) is 11.7. The van der Waals surface area contributed by atoms with Crippen LogP contribution in [0.1, 0.15) is 39.8 Å². The first kappa shape index (κ1) is 25.2. The minimum atomic E-state index is -0.206. The molecular formula is C29H28N4O2S2. The first-order chi connectivity index (χ1) is 18.1. The predicted octanol–water partition coefficient (Wildman–Crippen LogP) is 6.26. The van der Waals surface area contributed by atoms with E-state index in [2.05, 4.69) is 46.5 Å². The third kappa shape index (κ3) is 6.26. The summed E-state index contributed by atoms with van der Waals surface area (Å²) in [5.74, 6) is 0.651. The van der Waals surface area contributed by atoms with Gasteiger partial charge in [0.15, 0.2) is 0 Å². The van der Waals surface area contributed by atoms with E-state index >= 15 is 0 Å². The molecule has 0 bridgehead atoms. The highest BCUT2D eigenvalue weighted by atomic mass is 32.2. The van der Waals surface area contributed by atoms with E-state index in [9.17, 15) is 9.59 Å². The lowest BCUT2D eigenvalue weighted by Gasteiger charge is -2.31. The molecule has 0 saturated carbocycles. The maximum absolute atomic E-state index is 13.1. The molecule has 2 aromatic carbocycles. The van der Waals surface area contributed by atoms with Gasteiger partial charge >= 0.3 is 0 Å². The van der Waals surface area contributed by atoms with Gasteiger partial charge in [-0.25, -0.2) is 4.98 Å². The second-order valence-electron chi connectivity index (χ2n) is 9.06. The van der Waals surface area contributed by atoms with Crippen LogP contribution in [0, 0.1) is 6.92 Å². The number of hydrogen-bond acceptors (Lipinski definition) is 6. The van der Waals surface area contributed by atoms with Gasteiger partial charge in [0.1, 0.15) is 5.69 Å². The molecule has 2 aromatic heterocycles. The van der Waals surface area contributed by atoms with Crippen LogP contribution < -0.4 is 5.32 Å². The van der Waals surface area contributed by atoms with Crippen molar-refractivity contribution in [3.05, 3.63) is 94.7 Å². The third-order valence-corrected chi connectivity index (χ3v) is 8.51. The summed E-state index contributed by atoms with van der Waals surface area (Å²) in [5.41, 5.74) is 4.43. The zero-order valence-electron chi connectivity index (χ0n) is 20.6. The summed E-state index contributed by atoms with van der Waals surface area (Å²) in [7, 11) is 0. The number of rotatable bonds is 7. The molecule has 1 aliphatic heterocycles. The van der Waals surface area contributed by atoms with Gasteiger partial charge in [0, 0.05) is 52.9 Å². The molecule has 1 N–H and O–H groups in total. The van der Waals surface area contributed by atoms with Gasteiger partial charge in [-0.05, 0) is 43.5 Å². The number of benzene rings is 2. The molecule has 0 aliphatic carbocycles. The summed E-state index contributed by atoms with van der Waals surface area (Å²) in [4.78, 5) is 37.4. The molecule has 5 rings (SSSR count). The van der Waals surface area contributed by atoms with E-state index in [0.717, 1.165) is 39.6 Å². The Labute approximate surface area is 225 Å². The van der Waals surface area contributed by atoms with E-state index in [0.29, 0.717) is 24.5 Å². The molecule has 0 radical (unpaired) electrons. The van der Waals surface area contributed by atoms with Crippen molar-refractivity contribution in [2.24, 2.45) is 0 Å². The number of hydrogen-bond donors (Lipinski definition) is 1. The first-order valence-corrected chi connectivity index (χ1v) is 14.2. The van der Waals surface area contributed by atoms with E-state index < -0.39 is 0 Å². The fourth-order valence-electron chi connectivity index (χ4n) is 4.39. The van der Waals surface area contributed by atoms with Crippen molar-refractivity contribution in [3.8, 4) is 11.1 Å². The van der Waals surface area contributed by atoms with Crippen molar-refractivity contribution < 1.29 is 9.59 Å². The van der Waals surface area contributed by atoms with Gasteiger partial charge in [-0.15, -0.1) is 23.1 Å². The molecule has 37 heavy (non-hydrogen) atoms. The molecule has 3 heterocycles. The average Bonchev–Trinajstić information content (AvgIpc) is 3.44. The van der Waals surface area contributed by atoms with E-state index in [1.807, 2.05) is 46.7 Å². The number of aryl methyl sites for hydroxylation is 1. The molecule has 1 saturated heterocycles. The fourth-order valence-corrected chi connectivity index (χ4v) is 6.15. The minimum Gasteiger partial charge on any atom is -0.342 e. The standard InChI is InChI=1S/C29H28N4O2S2/c1-20-6-8-21(9-7-20)24-4-2-3-5-25(24)31-28(35)26-18-37-29(32-26)22-12-16-33(17-13-22)27(34)19-36-23-10-14-30-15-11-23/h2-11,14-15,18,22H,12-13,16-17,19H2,1H3,(H,31,35). The summed E-state index contributed by atoms with van der Waals surface area (Å²) in [6.07, 6.45) is 5.19. The Morgan fingerprint density at radius 1 is 1.03 bits per heavy atom. The highest BCUT2D eigenvalue weighted by Crippen LogP contribution is 2.32. The van der Waals surface area contributed by atoms with Gasteiger partial charge in [0.25, 0.3) is 5.91 Å². The lowest BCUT2D eigenvalue weighted by Crippen LogP contribution is -2.38. The molecule has 0 spiro atoms. The number of carbonyl (C=O) groups is 2.